The Bertz CT molecular complexity index is 1120. The van der Waals surface area contributed by atoms with Crippen molar-refractivity contribution in [3.05, 3.63) is 71.4 Å². The second kappa shape index (κ2) is 10.4. The van der Waals surface area contributed by atoms with Crippen LogP contribution >= 0.6 is 0 Å². The minimum atomic E-state index is -0.686. The average molecular weight is 450 g/mol. The van der Waals surface area contributed by atoms with E-state index >= 15 is 0 Å². The summed E-state index contributed by atoms with van der Waals surface area (Å²) in [6, 6.07) is 16.6. The molecule has 0 bridgehead atoms. The highest BCUT2D eigenvalue weighted by atomic mass is 16.5. The standard InChI is InChI=1S/C25H26N2O6/c1-30-24(28)21-22(26-27(23(21)25(29)31-2)19-10-4-3-5-11-19)18-9-6-8-17(14-18)15-32-16-20-12-7-13-33-20/h3-6,8-11,14,20H,7,12-13,15-16H2,1-2H3. The van der Waals surface area contributed by atoms with E-state index in [4.69, 9.17) is 18.9 Å². The number of ether oxygens (including phenoxy) is 4. The molecule has 1 aromatic heterocycles. The van der Waals surface area contributed by atoms with Crippen molar-refractivity contribution in [1.82, 2.24) is 9.78 Å². The van der Waals surface area contributed by atoms with Crippen LogP contribution in [0.25, 0.3) is 16.9 Å². The number of nitrogens with zero attached hydrogens (tertiary/aromatic N) is 2. The van der Waals surface area contributed by atoms with Gasteiger partial charge in [-0.15, -0.1) is 0 Å². The maximum atomic E-state index is 12.8. The molecule has 1 aliphatic heterocycles. The number of para-hydroxylation sites is 1. The summed E-state index contributed by atoms with van der Waals surface area (Å²) in [5.74, 6) is -1.36. The number of rotatable bonds is 8. The maximum absolute atomic E-state index is 12.8. The van der Waals surface area contributed by atoms with Crippen LogP contribution in [-0.4, -0.2) is 55.3 Å². The van der Waals surface area contributed by atoms with Crippen LogP contribution in [0.2, 0.25) is 0 Å². The minimum absolute atomic E-state index is 0.00517. The average Bonchev–Trinajstić information content (AvgIpc) is 3.52. The summed E-state index contributed by atoms with van der Waals surface area (Å²) in [5.41, 5.74) is 2.57. The smallest absolute Gasteiger partial charge is 0.357 e. The number of hydrogen-bond acceptors (Lipinski definition) is 7. The topological polar surface area (TPSA) is 88.9 Å². The highest BCUT2D eigenvalue weighted by Crippen LogP contribution is 2.30. The molecule has 1 fully saturated rings. The molecule has 8 nitrogen and oxygen atoms in total. The molecule has 8 heteroatoms. The van der Waals surface area contributed by atoms with Crippen molar-refractivity contribution in [1.29, 1.82) is 0 Å². The van der Waals surface area contributed by atoms with E-state index in [9.17, 15) is 9.59 Å². The lowest BCUT2D eigenvalue weighted by atomic mass is 10.0. The number of carbonyl (C=O) groups is 2. The molecule has 1 unspecified atom stereocenters. The van der Waals surface area contributed by atoms with Gasteiger partial charge in [0, 0.05) is 12.2 Å². The number of aromatic nitrogens is 2. The molecule has 0 N–H and O–H groups in total. The monoisotopic (exact) mass is 450 g/mol. The summed E-state index contributed by atoms with van der Waals surface area (Å²) in [6.07, 6.45) is 2.21. The van der Waals surface area contributed by atoms with Gasteiger partial charge in [-0.05, 0) is 36.6 Å². The molecule has 0 saturated carbocycles. The van der Waals surface area contributed by atoms with Crippen LogP contribution in [-0.2, 0) is 25.6 Å². The number of benzene rings is 2. The highest BCUT2D eigenvalue weighted by molar-refractivity contribution is 6.06. The van der Waals surface area contributed by atoms with E-state index in [1.54, 1.807) is 12.1 Å². The predicted molar refractivity (Wildman–Crippen MR) is 120 cm³/mol. The van der Waals surface area contributed by atoms with Crippen molar-refractivity contribution in [2.75, 3.05) is 27.4 Å². The van der Waals surface area contributed by atoms with Crippen molar-refractivity contribution in [3.8, 4) is 16.9 Å². The van der Waals surface area contributed by atoms with Crippen LogP contribution in [0, 0.1) is 0 Å². The zero-order chi connectivity index (χ0) is 23.2. The summed E-state index contributed by atoms with van der Waals surface area (Å²) in [4.78, 5) is 25.5. The molecular weight excluding hydrogens is 424 g/mol. The van der Waals surface area contributed by atoms with Crippen molar-refractivity contribution in [2.24, 2.45) is 0 Å². The normalized spacial score (nSPS) is 15.4. The minimum Gasteiger partial charge on any atom is -0.465 e. The first-order chi connectivity index (χ1) is 16.1. The van der Waals surface area contributed by atoms with Crippen LogP contribution in [0.3, 0.4) is 0 Å². The quantitative estimate of drug-likeness (QED) is 0.482. The van der Waals surface area contributed by atoms with E-state index in [1.165, 1.54) is 18.9 Å². The van der Waals surface area contributed by atoms with Gasteiger partial charge < -0.3 is 18.9 Å². The SMILES string of the molecule is COC(=O)c1c(-c2cccc(COCC3CCCO3)c2)nn(-c2ccccc2)c1C(=O)OC. The molecule has 0 spiro atoms. The molecule has 0 aliphatic carbocycles. The zero-order valence-electron chi connectivity index (χ0n) is 18.7. The van der Waals surface area contributed by atoms with Gasteiger partial charge in [0.15, 0.2) is 5.69 Å². The summed E-state index contributed by atoms with van der Waals surface area (Å²) < 4.78 is 22.8. The van der Waals surface area contributed by atoms with E-state index in [-0.39, 0.29) is 17.4 Å². The maximum Gasteiger partial charge on any atom is 0.357 e. The largest absolute Gasteiger partial charge is 0.465 e. The van der Waals surface area contributed by atoms with Gasteiger partial charge in [-0.25, -0.2) is 14.3 Å². The Hall–Kier alpha value is -3.49. The molecule has 1 aliphatic rings. The van der Waals surface area contributed by atoms with Gasteiger partial charge in [0.05, 0.1) is 39.2 Å². The molecule has 4 rings (SSSR count). The van der Waals surface area contributed by atoms with Crippen LogP contribution < -0.4 is 0 Å². The Labute approximate surface area is 192 Å². The molecular formula is C25H26N2O6. The Morgan fingerprint density at radius 1 is 1.06 bits per heavy atom. The first-order valence-electron chi connectivity index (χ1n) is 10.8. The Balaban J connectivity index is 1.73. The van der Waals surface area contributed by atoms with Crippen molar-refractivity contribution < 1.29 is 28.5 Å². The van der Waals surface area contributed by atoms with Crippen LogP contribution in [0.5, 0.6) is 0 Å². The van der Waals surface area contributed by atoms with Crippen molar-refractivity contribution in [3.63, 3.8) is 0 Å². The number of carbonyl (C=O) groups excluding carboxylic acids is 2. The fraction of sp³-hybridized carbons (Fsp3) is 0.320. The fourth-order valence-corrected chi connectivity index (χ4v) is 3.85. The molecule has 1 atom stereocenters. The van der Waals surface area contributed by atoms with Gasteiger partial charge in [-0.3, -0.25) is 0 Å². The van der Waals surface area contributed by atoms with Crippen LogP contribution in [0.4, 0.5) is 0 Å². The number of methoxy groups -OCH3 is 2. The van der Waals surface area contributed by atoms with Gasteiger partial charge in [-0.2, -0.15) is 5.10 Å². The number of hydrogen-bond donors (Lipinski definition) is 0. The van der Waals surface area contributed by atoms with E-state index in [1.807, 2.05) is 42.5 Å². The van der Waals surface area contributed by atoms with Gasteiger partial charge in [0.2, 0.25) is 0 Å². The third kappa shape index (κ3) is 4.97. The molecule has 3 aromatic rings. The predicted octanol–water partition coefficient (Wildman–Crippen LogP) is 3.81. The van der Waals surface area contributed by atoms with Crippen LogP contribution in [0.1, 0.15) is 39.3 Å². The lowest BCUT2D eigenvalue weighted by Crippen LogP contribution is -2.15. The second-order valence-electron chi connectivity index (χ2n) is 7.65. The van der Waals surface area contributed by atoms with Gasteiger partial charge >= 0.3 is 11.9 Å². The lowest BCUT2D eigenvalue weighted by Gasteiger charge is -2.10. The molecule has 0 radical (unpaired) electrons. The summed E-state index contributed by atoms with van der Waals surface area (Å²) >= 11 is 0. The van der Waals surface area contributed by atoms with Crippen molar-refractivity contribution in [2.45, 2.75) is 25.6 Å². The number of esters is 2. The molecule has 0 amide bonds. The van der Waals surface area contributed by atoms with Gasteiger partial charge in [0.25, 0.3) is 0 Å². The molecule has 1 saturated heterocycles. The first-order valence-corrected chi connectivity index (χ1v) is 10.8. The van der Waals surface area contributed by atoms with Crippen molar-refractivity contribution >= 4 is 11.9 Å². The van der Waals surface area contributed by atoms with E-state index in [2.05, 4.69) is 5.10 Å². The highest BCUT2D eigenvalue weighted by Gasteiger charge is 2.31. The summed E-state index contributed by atoms with van der Waals surface area (Å²) in [5, 5.41) is 4.63. The third-order valence-corrected chi connectivity index (χ3v) is 5.45. The van der Waals surface area contributed by atoms with Crippen LogP contribution in [0.15, 0.2) is 54.6 Å². The summed E-state index contributed by atoms with van der Waals surface area (Å²) in [6.45, 7) is 1.71. The van der Waals surface area contributed by atoms with E-state index in [0.29, 0.717) is 30.2 Å². The Kier molecular flexibility index (Phi) is 7.16. The third-order valence-electron chi connectivity index (χ3n) is 5.45. The molecule has 33 heavy (non-hydrogen) atoms. The zero-order valence-corrected chi connectivity index (χ0v) is 18.7. The van der Waals surface area contributed by atoms with E-state index < -0.39 is 11.9 Å². The molecule has 2 heterocycles. The Morgan fingerprint density at radius 3 is 2.55 bits per heavy atom. The molecule has 172 valence electrons. The second-order valence-corrected chi connectivity index (χ2v) is 7.65. The van der Waals surface area contributed by atoms with E-state index in [0.717, 1.165) is 25.0 Å². The Morgan fingerprint density at radius 2 is 1.85 bits per heavy atom. The van der Waals surface area contributed by atoms with Gasteiger partial charge in [0.1, 0.15) is 11.3 Å². The molecule has 2 aromatic carbocycles. The summed E-state index contributed by atoms with van der Waals surface area (Å²) in [7, 11) is 2.53. The lowest BCUT2D eigenvalue weighted by molar-refractivity contribution is 0.0106. The fourth-order valence-electron chi connectivity index (χ4n) is 3.85. The first kappa shape index (κ1) is 22.7. The van der Waals surface area contributed by atoms with Gasteiger partial charge in [-0.1, -0.05) is 36.4 Å².